The Kier molecular flexibility index (Phi) is 5.69. The minimum atomic E-state index is -3.00. The number of rotatable bonds is 3. The first-order chi connectivity index (χ1) is 9.48. The molecular weight excluding hydrogens is 286 g/mol. The van der Waals surface area contributed by atoms with Gasteiger partial charge in [-0.25, -0.2) is 8.42 Å². The summed E-state index contributed by atoms with van der Waals surface area (Å²) >= 11 is 0. The van der Waals surface area contributed by atoms with Gasteiger partial charge in [0.2, 0.25) is 0 Å². The topological polar surface area (TPSA) is 61.8 Å². The number of aliphatic imine (C=N–C) groups is 1. The summed E-state index contributed by atoms with van der Waals surface area (Å²) in [5.41, 5.74) is 0.340. The van der Waals surface area contributed by atoms with Crippen LogP contribution in [0.25, 0.3) is 0 Å². The van der Waals surface area contributed by atoms with E-state index in [0.29, 0.717) is 18.5 Å². The van der Waals surface area contributed by atoms with E-state index in [9.17, 15) is 8.42 Å². The zero-order valence-electron chi connectivity index (χ0n) is 14.4. The minimum Gasteiger partial charge on any atom is -0.356 e. The van der Waals surface area contributed by atoms with Gasteiger partial charge in [-0.2, -0.15) is 0 Å². The molecule has 0 aromatic rings. The van der Waals surface area contributed by atoms with Crippen molar-refractivity contribution in [2.24, 2.45) is 10.4 Å². The molecule has 0 atom stereocenters. The third kappa shape index (κ3) is 5.16. The molecule has 1 heterocycles. The second-order valence-corrected chi connectivity index (χ2v) is 10.4. The lowest BCUT2D eigenvalue weighted by Gasteiger charge is -2.39. The Bertz CT molecular complexity index is 476. The van der Waals surface area contributed by atoms with E-state index in [1.165, 1.54) is 0 Å². The zero-order valence-corrected chi connectivity index (χ0v) is 15.2. The molecule has 1 aliphatic heterocycles. The molecule has 0 spiro atoms. The van der Waals surface area contributed by atoms with Crippen LogP contribution in [0.15, 0.2) is 4.99 Å². The summed E-state index contributed by atoms with van der Waals surface area (Å²) in [5, 5.41) is 3.36. The average molecular weight is 317 g/mol. The second kappa shape index (κ2) is 6.55. The maximum Gasteiger partial charge on any atom is 0.193 e. The van der Waals surface area contributed by atoms with Crippen molar-refractivity contribution >= 4 is 15.8 Å². The Morgan fingerprint density at radius 2 is 1.95 bits per heavy atom. The third-order valence-corrected chi connectivity index (χ3v) is 6.47. The number of sulfone groups is 1. The Labute approximate surface area is 130 Å². The highest BCUT2D eigenvalue weighted by Gasteiger charge is 2.40. The van der Waals surface area contributed by atoms with Gasteiger partial charge in [-0.1, -0.05) is 20.8 Å². The minimum absolute atomic E-state index is 0.197. The largest absolute Gasteiger partial charge is 0.356 e. The van der Waals surface area contributed by atoms with Gasteiger partial charge in [0.05, 0.1) is 10.5 Å². The first kappa shape index (κ1) is 18.3. The first-order valence-corrected chi connectivity index (χ1v) is 9.32. The van der Waals surface area contributed by atoms with E-state index < -0.39 is 14.6 Å². The summed E-state index contributed by atoms with van der Waals surface area (Å²) in [6.45, 7) is 12.2. The molecule has 1 rings (SSSR count). The molecule has 1 aliphatic rings. The standard InChI is InChI=1S/C15H31N3O2S/c1-14(2,3)8-7-9-17-13(16-6)18-10-11-21(19,20)15(4,5)12-18/h7-12H2,1-6H3,(H,16,17). The summed E-state index contributed by atoms with van der Waals surface area (Å²) in [7, 11) is -1.25. The van der Waals surface area contributed by atoms with Gasteiger partial charge in [0.1, 0.15) is 0 Å². The van der Waals surface area contributed by atoms with Crippen LogP contribution in [-0.4, -0.2) is 56.5 Å². The highest BCUT2D eigenvalue weighted by atomic mass is 32.2. The van der Waals surface area contributed by atoms with Crippen molar-refractivity contribution in [3.8, 4) is 0 Å². The Balaban J connectivity index is 2.55. The van der Waals surface area contributed by atoms with Gasteiger partial charge in [0.15, 0.2) is 15.8 Å². The molecule has 0 aliphatic carbocycles. The SMILES string of the molecule is CN=C(NCCCC(C)(C)C)N1CCS(=O)(=O)C(C)(C)C1. The van der Waals surface area contributed by atoms with E-state index in [-0.39, 0.29) is 5.75 Å². The normalized spacial score (nSPS) is 22.2. The van der Waals surface area contributed by atoms with Crippen LogP contribution >= 0.6 is 0 Å². The lowest BCUT2D eigenvalue weighted by atomic mass is 9.91. The van der Waals surface area contributed by atoms with Crippen molar-refractivity contribution in [3.63, 3.8) is 0 Å². The van der Waals surface area contributed by atoms with E-state index in [0.717, 1.165) is 25.3 Å². The molecule has 21 heavy (non-hydrogen) atoms. The summed E-state index contributed by atoms with van der Waals surface area (Å²) < 4.78 is 23.4. The smallest absolute Gasteiger partial charge is 0.193 e. The van der Waals surface area contributed by atoms with Gasteiger partial charge in [-0.3, -0.25) is 4.99 Å². The van der Waals surface area contributed by atoms with Crippen molar-refractivity contribution in [2.45, 2.75) is 52.2 Å². The lowest BCUT2D eigenvalue weighted by Crippen LogP contribution is -2.57. The fourth-order valence-corrected chi connectivity index (χ4v) is 3.84. The maximum atomic E-state index is 12.0. The second-order valence-electron chi connectivity index (χ2n) is 7.64. The van der Waals surface area contributed by atoms with Crippen LogP contribution < -0.4 is 5.32 Å². The van der Waals surface area contributed by atoms with Gasteiger partial charge in [-0.15, -0.1) is 0 Å². The highest BCUT2D eigenvalue weighted by molar-refractivity contribution is 7.92. The van der Waals surface area contributed by atoms with E-state index in [1.807, 2.05) is 0 Å². The Morgan fingerprint density at radius 1 is 1.33 bits per heavy atom. The number of hydrogen-bond donors (Lipinski definition) is 1. The summed E-state index contributed by atoms with van der Waals surface area (Å²) in [6.07, 6.45) is 2.23. The number of hydrogen-bond acceptors (Lipinski definition) is 3. The first-order valence-electron chi connectivity index (χ1n) is 7.66. The molecule has 0 aromatic carbocycles. The highest BCUT2D eigenvalue weighted by Crippen LogP contribution is 2.24. The van der Waals surface area contributed by atoms with E-state index in [2.05, 4.69) is 36.0 Å². The van der Waals surface area contributed by atoms with Crippen molar-refractivity contribution in [1.29, 1.82) is 0 Å². The molecule has 5 nitrogen and oxygen atoms in total. The fraction of sp³-hybridized carbons (Fsp3) is 0.933. The molecule has 0 saturated carbocycles. The Morgan fingerprint density at radius 3 is 2.43 bits per heavy atom. The Hall–Kier alpha value is -0.780. The summed E-state index contributed by atoms with van der Waals surface area (Å²) in [6, 6.07) is 0. The van der Waals surface area contributed by atoms with E-state index >= 15 is 0 Å². The molecule has 0 unspecified atom stereocenters. The molecule has 0 bridgehead atoms. The predicted molar refractivity (Wildman–Crippen MR) is 89.5 cm³/mol. The molecule has 1 saturated heterocycles. The van der Waals surface area contributed by atoms with E-state index in [4.69, 9.17) is 0 Å². The fourth-order valence-electron chi connectivity index (χ4n) is 2.48. The van der Waals surface area contributed by atoms with Crippen LogP contribution in [0.4, 0.5) is 0 Å². The van der Waals surface area contributed by atoms with Crippen molar-refractivity contribution in [1.82, 2.24) is 10.2 Å². The van der Waals surface area contributed by atoms with Crippen molar-refractivity contribution in [2.75, 3.05) is 32.4 Å². The quantitative estimate of drug-likeness (QED) is 0.490. The number of nitrogens with zero attached hydrogens (tertiary/aromatic N) is 2. The van der Waals surface area contributed by atoms with E-state index in [1.54, 1.807) is 20.9 Å². The third-order valence-electron chi connectivity index (χ3n) is 3.94. The summed E-state index contributed by atoms with van der Waals surface area (Å²) in [4.78, 5) is 6.35. The number of nitrogens with one attached hydrogen (secondary N) is 1. The van der Waals surface area contributed by atoms with Crippen molar-refractivity contribution in [3.05, 3.63) is 0 Å². The van der Waals surface area contributed by atoms with Crippen molar-refractivity contribution < 1.29 is 8.42 Å². The van der Waals surface area contributed by atoms with Crippen LogP contribution in [0, 0.1) is 5.41 Å². The molecule has 124 valence electrons. The van der Waals surface area contributed by atoms with Gasteiger partial charge < -0.3 is 10.2 Å². The van der Waals surface area contributed by atoms with Crippen LogP contribution in [0.2, 0.25) is 0 Å². The molecular formula is C15H31N3O2S. The van der Waals surface area contributed by atoms with Gasteiger partial charge in [-0.05, 0) is 32.1 Å². The van der Waals surface area contributed by atoms with Crippen LogP contribution in [-0.2, 0) is 9.84 Å². The summed E-state index contributed by atoms with van der Waals surface area (Å²) in [5.74, 6) is 1.01. The molecule has 0 aromatic heterocycles. The maximum absolute atomic E-state index is 12.0. The molecule has 1 N–H and O–H groups in total. The predicted octanol–water partition coefficient (Wildman–Crippen LogP) is 1.90. The molecule has 0 amide bonds. The van der Waals surface area contributed by atoms with Crippen LogP contribution in [0.1, 0.15) is 47.5 Å². The zero-order chi connectivity index (χ0) is 16.3. The lowest BCUT2D eigenvalue weighted by molar-refractivity contribution is 0.345. The number of guanidine groups is 1. The van der Waals surface area contributed by atoms with Gasteiger partial charge >= 0.3 is 0 Å². The van der Waals surface area contributed by atoms with Crippen LogP contribution in [0.5, 0.6) is 0 Å². The molecule has 1 fully saturated rings. The molecule has 6 heteroatoms. The van der Waals surface area contributed by atoms with Crippen LogP contribution in [0.3, 0.4) is 0 Å². The van der Waals surface area contributed by atoms with Gasteiger partial charge in [0, 0.05) is 26.7 Å². The van der Waals surface area contributed by atoms with Gasteiger partial charge in [0.25, 0.3) is 0 Å². The molecule has 0 radical (unpaired) electrons. The monoisotopic (exact) mass is 317 g/mol. The average Bonchev–Trinajstić information content (AvgIpc) is 2.32.